The number of carbonyl (C=O) groups is 3. The van der Waals surface area contributed by atoms with Gasteiger partial charge in [-0.05, 0) is 117 Å². The lowest BCUT2D eigenvalue weighted by atomic mass is 9.87. The Kier molecular flexibility index (Phi) is 23.3. The lowest BCUT2D eigenvalue weighted by Gasteiger charge is -2.34. The van der Waals surface area contributed by atoms with E-state index in [1.807, 2.05) is 73.3 Å². The number of para-hydroxylation sites is 2. The Morgan fingerprint density at radius 3 is 1.91 bits per heavy atom. The van der Waals surface area contributed by atoms with Gasteiger partial charge in [-0.25, -0.2) is 0 Å². The summed E-state index contributed by atoms with van der Waals surface area (Å²) in [6.07, 6.45) is 4.46. The number of carbonyl (C=O) groups excluding carboxylic acids is 3. The molecule has 5 aromatic rings. The van der Waals surface area contributed by atoms with Crippen LogP contribution in [-0.4, -0.2) is 156 Å². The molecule has 22 nitrogen and oxygen atoms in total. The van der Waals surface area contributed by atoms with Crippen LogP contribution in [0, 0.1) is 0 Å². The van der Waals surface area contributed by atoms with Crippen LogP contribution in [0.5, 0.6) is 23.0 Å². The molecule has 0 aliphatic carbocycles. The Hall–Kier alpha value is -6.49. The molecule has 5 N–H and O–H groups in total. The van der Waals surface area contributed by atoms with Crippen LogP contribution in [0.2, 0.25) is 0 Å². The highest BCUT2D eigenvalue weighted by Gasteiger charge is 2.48. The number of fused-ring (bicyclic) bond motifs is 8. The topological polar surface area (TPSA) is 270 Å². The number of nitrogens with one attached hydrogen (secondary N) is 3. The molecule has 2 unspecified atom stereocenters. The number of hydrogen-bond acceptors (Lipinski definition) is 19. The third kappa shape index (κ3) is 16.5. The van der Waals surface area contributed by atoms with Gasteiger partial charge in [-0.1, -0.05) is 91.6 Å². The van der Waals surface area contributed by atoms with Crippen molar-refractivity contribution >= 4 is 88.0 Å². The maximum atomic E-state index is 14.5. The molecule has 4 aliphatic rings. The molecule has 26 heteroatoms. The van der Waals surface area contributed by atoms with Crippen molar-refractivity contribution in [2.45, 2.75) is 132 Å². The van der Waals surface area contributed by atoms with Gasteiger partial charge >= 0.3 is 0 Å². The van der Waals surface area contributed by atoms with E-state index in [1.54, 1.807) is 31.4 Å². The van der Waals surface area contributed by atoms with E-state index >= 15 is 0 Å². The summed E-state index contributed by atoms with van der Waals surface area (Å²) in [5.41, 5.74) is 6.06. The highest BCUT2D eigenvalue weighted by Crippen LogP contribution is 2.45. The first-order valence-corrected chi connectivity index (χ1v) is 36.5. The molecule has 0 spiro atoms. The van der Waals surface area contributed by atoms with Crippen molar-refractivity contribution in [3.8, 4) is 23.0 Å². The quantitative estimate of drug-likeness (QED) is 0.0146. The summed E-state index contributed by atoms with van der Waals surface area (Å²) in [6.45, 7) is 13.1. The normalized spacial score (nSPS) is 17.2. The van der Waals surface area contributed by atoms with Crippen LogP contribution in [0.1, 0.15) is 116 Å². The fraction of sp³-hybridized carbons (Fsp3) is 0.500. The van der Waals surface area contributed by atoms with E-state index in [-0.39, 0.29) is 73.1 Å². The average Bonchev–Trinajstić information content (AvgIpc) is 1.60. The van der Waals surface area contributed by atoms with Gasteiger partial charge < -0.3 is 63.8 Å². The van der Waals surface area contributed by atoms with Crippen LogP contribution in [0.4, 0.5) is 28.4 Å². The predicted octanol–water partition coefficient (Wildman–Crippen LogP) is 10.2. The number of nitrogens with zero attached hydrogens (tertiary/aromatic N) is 3. The smallest absolute Gasteiger partial charge is 0.288 e. The van der Waals surface area contributed by atoms with Gasteiger partial charge in [0.15, 0.2) is 33.6 Å². The van der Waals surface area contributed by atoms with Crippen LogP contribution in [-0.2, 0) is 65.3 Å². The molecule has 3 amide bonds. The van der Waals surface area contributed by atoms with Crippen molar-refractivity contribution in [1.82, 2.24) is 5.32 Å². The highest BCUT2D eigenvalue weighted by molar-refractivity contribution is 8.77. The second-order valence-electron chi connectivity index (χ2n) is 24.1. The molecule has 500 valence electrons. The van der Waals surface area contributed by atoms with Crippen molar-refractivity contribution in [3.05, 3.63) is 124 Å². The van der Waals surface area contributed by atoms with Gasteiger partial charge in [-0.3, -0.25) is 23.5 Å². The number of hydrogen-bond donors (Lipinski definition) is 5. The van der Waals surface area contributed by atoms with Gasteiger partial charge in [-0.2, -0.15) is 16.8 Å². The minimum Gasteiger partial charge on any atom is -0.493 e. The zero-order chi connectivity index (χ0) is 66.0. The van der Waals surface area contributed by atoms with Gasteiger partial charge in [0, 0.05) is 72.0 Å². The zero-order valence-electron chi connectivity index (χ0n) is 53.5. The second kappa shape index (κ2) is 30.7. The van der Waals surface area contributed by atoms with Gasteiger partial charge in [0.25, 0.3) is 32.1 Å². The molecule has 9 rings (SSSR count). The average molecular weight is 1350 g/mol. The molecule has 4 atom stereocenters. The standard InChI is InChI=1S/C66H86N6O16S4/c1-9-12-22-66(10-2,11-3)69-61(73)60(91(76,77)78)21-29-89-90-65(4,5)42-70(23-24-85-27-28-86-26-25-82-6)47-31-43(40-87-58-37-51-49(35-56(58)83-7)63(74)71-48(39-67-51)33-45-17-13-15-19-53(45)71)30-44(32-47)41-88-59-38-52-50(36-57(59)84-8)64(75)72-54-20-16-14-18-46(54)34-55(72)62(68-52)92(79,80)81/h13-20,30-32,35-38,48,55,60,62,67-68H,9-12,21-29,33-34,39-42H2,1-8H3,(H,69,73)(H,76,77,78)(H,79,80,81)/t48-,55-,60?,62?/m0/s1. The van der Waals surface area contributed by atoms with Crippen molar-refractivity contribution in [2.75, 3.05) is 105 Å². The zero-order valence-corrected chi connectivity index (χ0v) is 56.8. The lowest BCUT2D eigenvalue weighted by molar-refractivity contribution is -0.123. The second-order valence-corrected chi connectivity index (χ2v) is 30.3. The van der Waals surface area contributed by atoms with Gasteiger partial charge in [0.1, 0.15) is 13.2 Å². The largest absolute Gasteiger partial charge is 0.493 e. The van der Waals surface area contributed by atoms with E-state index in [0.29, 0.717) is 111 Å². The maximum Gasteiger partial charge on any atom is 0.288 e. The number of anilines is 5. The molecule has 5 aromatic carbocycles. The van der Waals surface area contributed by atoms with E-state index in [9.17, 15) is 40.3 Å². The molecule has 0 fully saturated rings. The van der Waals surface area contributed by atoms with Gasteiger partial charge in [0.05, 0.1) is 81.8 Å². The number of rotatable bonds is 34. The number of methoxy groups -OCH3 is 3. The number of amides is 3. The number of benzene rings is 5. The Morgan fingerprint density at radius 1 is 0.739 bits per heavy atom. The molecular weight excluding hydrogens is 1260 g/mol. The first-order valence-electron chi connectivity index (χ1n) is 31.1. The summed E-state index contributed by atoms with van der Waals surface area (Å²) in [5.74, 6) is -0.0374. The Bertz CT molecular complexity index is 3670. The van der Waals surface area contributed by atoms with E-state index in [2.05, 4.69) is 41.6 Å². The monoisotopic (exact) mass is 1350 g/mol. The SMILES string of the molecule is CCCCC(CC)(CC)NC(=O)C(CCSSC(C)(C)CN(CCOCCOCCOC)c1cc(COc2cc3c(cc2OC)C(=O)N2c4ccccc4C[C@H]2CN3)cc(COc2cc3c(cc2OC)C(=O)N2c4ccccc4C[C@H]2C(S(=O)(=O)O)N3)c1)S(=O)(=O)O. The molecule has 0 bridgehead atoms. The van der Waals surface area contributed by atoms with E-state index in [0.717, 1.165) is 35.3 Å². The summed E-state index contributed by atoms with van der Waals surface area (Å²) >= 11 is 0. The first-order chi connectivity index (χ1) is 44.0. The molecule has 0 saturated carbocycles. The molecule has 0 radical (unpaired) electrons. The van der Waals surface area contributed by atoms with Crippen LogP contribution in [0.25, 0.3) is 0 Å². The molecule has 4 aliphatic heterocycles. The van der Waals surface area contributed by atoms with Gasteiger partial charge in [-0.15, -0.1) is 0 Å². The number of ether oxygens (including phenoxy) is 7. The van der Waals surface area contributed by atoms with E-state index in [4.69, 9.17) is 33.2 Å². The molecular formula is C66H86N6O16S4. The van der Waals surface area contributed by atoms with Crippen LogP contribution < -0.4 is 49.6 Å². The summed E-state index contributed by atoms with van der Waals surface area (Å²) < 4.78 is 115. The van der Waals surface area contributed by atoms with Crippen LogP contribution in [0.15, 0.2) is 91.0 Å². The van der Waals surface area contributed by atoms with E-state index < -0.39 is 59.0 Å². The fourth-order valence-electron chi connectivity index (χ4n) is 12.4. The molecule has 0 aromatic heterocycles. The molecule has 92 heavy (non-hydrogen) atoms. The third-order valence-electron chi connectivity index (χ3n) is 17.3. The first kappa shape index (κ1) is 69.8. The van der Waals surface area contributed by atoms with Crippen molar-refractivity contribution in [2.24, 2.45) is 0 Å². The lowest BCUT2D eigenvalue weighted by Crippen LogP contribution is -2.52. The Labute approximate surface area is 548 Å². The number of unbranched alkanes of at least 4 members (excludes halogenated alkanes) is 1. The predicted molar refractivity (Wildman–Crippen MR) is 361 cm³/mol. The van der Waals surface area contributed by atoms with Crippen molar-refractivity contribution in [1.29, 1.82) is 0 Å². The minimum atomic E-state index is -4.79. The fourth-order valence-corrected chi connectivity index (χ4v) is 16.8. The maximum absolute atomic E-state index is 14.5. The molecule has 0 saturated heterocycles. The van der Waals surface area contributed by atoms with Crippen LogP contribution in [0.3, 0.4) is 0 Å². The summed E-state index contributed by atoms with van der Waals surface area (Å²) in [5, 5.41) is 6.25. The van der Waals surface area contributed by atoms with E-state index in [1.165, 1.54) is 52.8 Å². The Balaban J connectivity index is 1.02. The Morgan fingerprint density at radius 2 is 1.32 bits per heavy atom. The van der Waals surface area contributed by atoms with Crippen LogP contribution >= 0.6 is 21.6 Å². The van der Waals surface area contributed by atoms with Crippen molar-refractivity contribution < 1.29 is 73.5 Å². The summed E-state index contributed by atoms with van der Waals surface area (Å²) in [4.78, 5) is 48.1. The minimum absolute atomic E-state index is 0.00790. The third-order valence-corrected chi connectivity index (χ3v) is 22.9. The highest BCUT2D eigenvalue weighted by atomic mass is 33.1. The van der Waals surface area contributed by atoms with Crippen molar-refractivity contribution in [3.63, 3.8) is 0 Å². The molecule has 4 heterocycles. The summed E-state index contributed by atoms with van der Waals surface area (Å²) in [6, 6.07) is 26.4. The summed E-state index contributed by atoms with van der Waals surface area (Å²) in [7, 11) is -2.06. The van der Waals surface area contributed by atoms with Gasteiger partial charge in [0.2, 0.25) is 5.91 Å².